The molecule has 1 heterocycles. The third-order valence-electron chi connectivity index (χ3n) is 3.12. The molecular formula is C14H22N2O4. The van der Waals surface area contributed by atoms with Crippen LogP contribution in [0.4, 0.5) is 0 Å². The van der Waals surface area contributed by atoms with Crippen LogP contribution in [0.2, 0.25) is 0 Å². The Morgan fingerprint density at radius 3 is 2.45 bits per heavy atom. The molecule has 6 nitrogen and oxygen atoms in total. The lowest BCUT2D eigenvalue weighted by atomic mass is 10.2. The summed E-state index contributed by atoms with van der Waals surface area (Å²) in [6, 6.07) is 1.38. The molecule has 0 saturated carbocycles. The zero-order valence-corrected chi connectivity index (χ0v) is 11.7. The summed E-state index contributed by atoms with van der Waals surface area (Å²) in [5.41, 5.74) is 0.776. The second-order valence-corrected chi connectivity index (χ2v) is 4.57. The zero-order chi connectivity index (χ0) is 15.1. The van der Waals surface area contributed by atoms with Crippen molar-refractivity contribution in [2.75, 3.05) is 26.3 Å². The summed E-state index contributed by atoms with van der Waals surface area (Å²) < 4.78 is 1.80. The number of hydrogen-bond donors (Lipinski definition) is 3. The first-order chi connectivity index (χ1) is 9.54. The average molecular weight is 282 g/mol. The van der Waals surface area contributed by atoms with Gasteiger partial charge in [-0.15, -0.1) is 6.58 Å². The number of nitrogens with zero attached hydrogens (tertiary/aromatic N) is 2. The van der Waals surface area contributed by atoms with Gasteiger partial charge in [-0.3, -0.25) is 9.69 Å². The average Bonchev–Trinajstić information content (AvgIpc) is 2.40. The molecule has 1 aromatic rings. The van der Waals surface area contributed by atoms with Crippen molar-refractivity contribution in [2.24, 2.45) is 0 Å². The van der Waals surface area contributed by atoms with Crippen molar-refractivity contribution < 1.29 is 15.3 Å². The number of aliphatic hydroxyl groups excluding tert-OH is 2. The minimum absolute atomic E-state index is 0.0573. The van der Waals surface area contributed by atoms with Gasteiger partial charge in [0.2, 0.25) is 5.43 Å². The summed E-state index contributed by atoms with van der Waals surface area (Å²) in [7, 11) is 0. The summed E-state index contributed by atoms with van der Waals surface area (Å²) >= 11 is 0. The van der Waals surface area contributed by atoms with E-state index < -0.39 is 5.43 Å². The van der Waals surface area contributed by atoms with E-state index in [0.717, 1.165) is 5.69 Å². The maximum atomic E-state index is 11.7. The predicted molar refractivity (Wildman–Crippen MR) is 76.7 cm³/mol. The fraction of sp³-hybridized carbons (Fsp3) is 0.500. The van der Waals surface area contributed by atoms with Crippen LogP contribution in [0, 0.1) is 6.92 Å². The van der Waals surface area contributed by atoms with Gasteiger partial charge in [0.05, 0.1) is 18.9 Å². The number of aromatic nitrogens is 1. The fourth-order valence-corrected chi connectivity index (χ4v) is 2.13. The van der Waals surface area contributed by atoms with Gasteiger partial charge < -0.3 is 19.9 Å². The Labute approximate surface area is 118 Å². The predicted octanol–water partition coefficient (Wildman–Crippen LogP) is -0.165. The van der Waals surface area contributed by atoms with Crippen LogP contribution in [-0.2, 0) is 13.1 Å². The van der Waals surface area contributed by atoms with Crippen LogP contribution >= 0.6 is 0 Å². The number of aryl methyl sites for hydroxylation is 1. The highest BCUT2D eigenvalue weighted by atomic mass is 16.3. The van der Waals surface area contributed by atoms with Gasteiger partial charge in [-0.05, 0) is 6.92 Å². The first kappa shape index (κ1) is 16.4. The summed E-state index contributed by atoms with van der Waals surface area (Å²) in [6.07, 6.45) is 1.68. The largest absolute Gasteiger partial charge is 0.503 e. The van der Waals surface area contributed by atoms with Crippen LogP contribution in [0.3, 0.4) is 0 Å². The molecule has 0 unspecified atom stereocenters. The van der Waals surface area contributed by atoms with Gasteiger partial charge >= 0.3 is 0 Å². The molecule has 0 atom stereocenters. The van der Waals surface area contributed by atoms with E-state index in [1.54, 1.807) is 22.5 Å². The topological polar surface area (TPSA) is 85.9 Å². The van der Waals surface area contributed by atoms with Gasteiger partial charge in [-0.25, -0.2) is 0 Å². The number of aliphatic hydroxyl groups is 2. The summed E-state index contributed by atoms with van der Waals surface area (Å²) in [6.45, 7) is 6.80. The lowest BCUT2D eigenvalue weighted by molar-refractivity contribution is 0.152. The standard InChI is InChI=1S/C14H22N2O4/c1-3-4-16-11(2)9-13(19)14(20)12(16)10-15(5-7-17)6-8-18/h3,9,17-18,20H,1,4-8,10H2,2H3. The Bertz CT molecular complexity index is 505. The molecular weight excluding hydrogens is 260 g/mol. The number of allylic oxidation sites excluding steroid dienone is 1. The van der Waals surface area contributed by atoms with Crippen molar-refractivity contribution >= 4 is 0 Å². The van der Waals surface area contributed by atoms with E-state index >= 15 is 0 Å². The van der Waals surface area contributed by atoms with Crippen LogP contribution < -0.4 is 5.43 Å². The van der Waals surface area contributed by atoms with Crippen molar-refractivity contribution in [1.29, 1.82) is 0 Å². The lowest BCUT2D eigenvalue weighted by Gasteiger charge is -2.24. The summed E-state index contributed by atoms with van der Waals surface area (Å²) in [5.74, 6) is -0.293. The minimum atomic E-state index is -0.425. The van der Waals surface area contributed by atoms with Gasteiger partial charge in [-0.2, -0.15) is 0 Å². The maximum Gasteiger partial charge on any atom is 0.223 e. The number of pyridine rings is 1. The number of aromatic hydroxyl groups is 1. The highest BCUT2D eigenvalue weighted by molar-refractivity contribution is 5.30. The third kappa shape index (κ3) is 3.93. The van der Waals surface area contributed by atoms with Crippen LogP contribution in [0.25, 0.3) is 0 Å². The molecule has 0 fully saturated rings. The van der Waals surface area contributed by atoms with Gasteiger partial charge in [-0.1, -0.05) is 6.08 Å². The Balaban J connectivity index is 3.19. The quantitative estimate of drug-likeness (QED) is 0.577. The highest BCUT2D eigenvalue weighted by Gasteiger charge is 2.15. The maximum absolute atomic E-state index is 11.7. The number of rotatable bonds is 8. The molecule has 112 valence electrons. The second-order valence-electron chi connectivity index (χ2n) is 4.57. The Hall–Kier alpha value is -1.63. The van der Waals surface area contributed by atoms with E-state index in [4.69, 9.17) is 10.2 Å². The first-order valence-electron chi connectivity index (χ1n) is 6.52. The van der Waals surface area contributed by atoms with E-state index in [9.17, 15) is 9.90 Å². The lowest BCUT2D eigenvalue weighted by Crippen LogP contribution is -2.31. The summed E-state index contributed by atoms with van der Waals surface area (Å²) in [5, 5.41) is 28.0. The smallest absolute Gasteiger partial charge is 0.223 e. The summed E-state index contributed by atoms with van der Waals surface area (Å²) in [4.78, 5) is 13.5. The van der Waals surface area contributed by atoms with Crippen LogP contribution in [0.1, 0.15) is 11.4 Å². The Kier molecular flexibility index (Phi) is 6.44. The molecule has 6 heteroatoms. The molecule has 0 amide bonds. The SMILES string of the molecule is C=CCn1c(C)cc(=O)c(O)c1CN(CCO)CCO. The van der Waals surface area contributed by atoms with E-state index in [2.05, 4.69) is 6.58 Å². The minimum Gasteiger partial charge on any atom is -0.503 e. The van der Waals surface area contributed by atoms with Crippen LogP contribution in [0.15, 0.2) is 23.5 Å². The van der Waals surface area contributed by atoms with Crippen molar-refractivity contribution in [3.63, 3.8) is 0 Å². The monoisotopic (exact) mass is 282 g/mol. The van der Waals surface area contributed by atoms with Gasteiger partial charge in [0.25, 0.3) is 0 Å². The van der Waals surface area contributed by atoms with E-state index in [1.165, 1.54) is 6.07 Å². The fourth-order valence-electron chi connectivity index (χ4n) is 2.13. The first-order valence-corrected chi connectivity index (χ1v) is 6.52. The molecule has 0 spiro atoms. The van der Waals surface area contributed by atoms with E-state index in [-0.39, 0.29) is 25.5 Å². The van der Waals surface area contributed by atoms with Gasteiger partial charge in [0.15, 0.2) is 5.75 Å². The van der Waals surface area contributed by atoms with Crippen molar-refractivity contribution in [2.45, 2.75) is 20.0 Å². The van der Waals surface area contributed by atoms with Crippen molar-refractivity contribution in [3.8, 4) is 5.75 Å². The third-order valence-corrected chi connectivity index (χ3v) is 3.12. The Morgan fingerprint density at radius 1 is 1.35 bits per heavy atom. The molecule has 1 aromatic heterocycles. The van der Waals surface area contributed by atoms with Crippen molar-refractivity contribution in [1.82, 2.24) is 9.47 Å². The van der Waals surface area contributed by atoms with Gasteiger partial charge in [0.1, 0.15) is 0 Å². The molecule has 1 rings (SSSR count). The molecule has 0 aromatic carbocycles. The second kappa shape index (κ2) is 7.84. The molecule has 20 heavy (non-hydrogen) atoms. The molecule has 3 N–H and O–H groups in total. The number of hydrogen-bond acceptors (Lipinski definition) is 5. The molecule has 0 aliphatic rings. The van der Waals surface area contributed by atoms with E-state index in [1.807, 2.05) is 0 Å². The molecule has 0 aliphatic carbocycles. The van der Waals surface area contributed by atoms with Gasteiger partial charge in [0, 0.05) is 37.9 Å². The Morgan fingerprint density at radius 2 is 1.95 bits per heavy atom. The van der Waals surface area contributed by atoms with Crippen LogP contribution in [0.5, 0.6) is 5.75 Å². The zero-order valence-electron chi connectivity index (χ0n) is 11.7. The highest BCUT2D eigenvalue weighted by Crippen LogP contribution is 2.17. The van der Waals surface area contributed by atoms with Crippen LogP contribution in [-0.4, -0.2) is 51.1 Å². The van der Waals surface area contributed by atoms with Crippen molar-refractivity contribution in [3.05, 3.63) is 40.3 Å². The normalized spacial score (nSPS) is 11.0. The molecule has 0 aliphatic heterocycles. The molecule has 0 bridgehead atoms. The molecule has 0 radical (unpaired) electrons. The molecule has 0 saturated heterocycles. The van der Waals surface area contributed by atoms with E-state index in [0.29, 0.717) is 25.3 Å².